The van der Waals surface area contributed by atoms with Crippen LogP contribution in [0, 0.1) is 5.82 Å². The Hall–Kier alpha value is -2.62. The Bertz CT molecular complexity index is 1120. The van der Waals surface area contributed by atoms with Gasteiger partial charge < -0.3 is 5.11 Å². The number of benzene rings is 1. The third kappa shape index (κ3) is 3.96. The summed E-state index contributed by atoms with van der Waals surface area (Å²) in [6.45, 7) is 0. The van der Waals surface area contributed by atoms with Gasteiger partial charge in [0.2, 0.25) is 5.16 Å². The summed E-state index contributed by atoms with van der Waals surface area (Å²) in [6, 6.07) is 11.1. The smallest absolute Gasteiger partial charge is 0.210 e. The summed E-state index contributed by atoms with van der Waals surface area (Å²) in [5, 5.41) is 22.5. The predicted molar refractivity (Wildman–Crippen MR) is 110 cm³/mol. The van der Waals surface area contributed by atoms with Crippen molar-refractivity contribution in [2.75, 3.05) is 5.75 Å². The molecule has 0 bridgehead atoms. The number of thioether (sulfide) groups is 1. The van der Waals surface area contributed by atoms with Crippen molar-refractivity contribution in [3.05, 3.63) is 64.6 Å². The van der Waals surface area contributed by atoms with Crippen LogP contribution in [0.1, 0.15) is 10.4 Å². The highest BCUT2D eigenvalue weighted by molar-refractivity contribution is 7.99. The van der Waals surface area contributed by atoms with E-state index in [1.54, 1.807) is 22.7 Å². The first-order valence-electron chi connectivity index (χ1n) is 8.09. The monoisotopic (exact) mass is 429 g/mol. The molecule has 4 aromatic rings. The second kappa shape index (κ2) is 8.17. The van der Waals surface area contributed by atoms with Crippen molar-refractivity contribution < 1.29 is 14.3 Å². The molecule has 0 aliphatic carbocycles. The van der Waals surface area contributed by atoms with Crippen LogP contribution in [0.3, 0.4) is 0 Å². The third-order valence-corrected chi connectivity index (χ3v) is 6.36. The molecule has 1 N–H and O–H groups in total. The highest BCUT2D eigenvalue weighted by Gasteiger charge is 2.17. The summed E-state index contributed by atoms with van der Waals surface area (Å²) < 4.78 is 13.4. The summed E-state index contributed by atoms with van der Waals surface area (Å²) in [7, 11) is 0. The van der Waals surface area contributed by atoms with Gasteiger partial charge in [-0.15, -0.1) is 32.9 Å². The number of carbonyl (C=O) groups excluding carboxylic acids is 1. The number of aromatic nitrogens is 3. The molecule has 28 heavy (non-hydrogen) atoms. The number of thiophene rings is 2. The molecule has 0 amide bonds. The van der Waals surface area contributed by atoms with Gasteiger partial charge in [-0.2, -0.15) is 0 Å². The predicted octanol–water partition coefficient (Wildman–Crippen LogP) is 5.15. The molecular weight excluding hydrogens is 417 g/mol. The van der Waals surface area contributed by atoms with Gasteiger partial charge in [-0.05, 0) is 41.1 Å². The summed E-state index contributed by atoms with van der Waals surface area (Å²) in [5.41, 5.74) is 1.33. The molecule has 0 aliphatic rings. The van der Waals surface area contributed by atoms with E-state index in [9.17, 15) is 14.3 Å². The van der Waals surface area contributed by atoms with E-state index in [2.05, 4.69) is 15.2 Å². The fourth-order valence-electron chi connectivity index (χ4n) is 2.48. The normalized spacial score (nSPS) is 10.9. The zero-order valence-corrected chi connectivity index (χ0v) is 16.7. The van der Waals surface area contributed by atoms with Crippen LogP contribution < -0.4 is 0 Å². The van der Waals surface area contributed by atoms with Crippen LogP contribution in [0.5, 0.6) is 5.75 Å². The summed E-state index contributed by atoms with van der Waals surface area (Å²) in [6.07, 6.45) is 0. The number of Topliss-reactive ketones (excluding diaryl/α,β-unsaturated/α-hetero) is 1. The minimum absolute atomic E-state index is 0.0408. The van der Waals surface area contributed by atoms with E-state index < -0.39 is 11.6 Å². The number of aromatic hydroxyl groups is 1. The topological polar surface area (TPSA) is 76.0 Å². The zero-order valence-electron chi connectivity index (χ0n) is 14.2. The van der Waals surface area contributed by atoms with E-state index in [-0.39, 0.29) is 17.1 Å². The number of rotatable bonds is 6. The van der Waals surface area contributed by atoms with Gasteiger partial charge in [0.25, 0.3) is 0 Å². The molecule has 1 aromatic carbocycles. The maximum atomic E-state index is 13.4. The van der Waals surface area contributed by atoms with Crippen LogP contribution >= 0.6 is 34.4 Å². The van der Waals surface area contributed by atoms with Crippen LogP contribution in [-0.4, -0.2) is 31.8 Å². The molecule has 140 valence electrons. The maximum absolute atomic E-state index is 13.4. The number of halogens is 1. The van der Waals surface area contributed by atoms with Crippen molar-refractivity contribution in [3.8, 4) is 26.9 Å². The molecule has 0 aliphatic heterocycles. The van der Waals surface area contributed by atoms with E-state index >= 15 is 0 Å². The quantitative estimate of drug-likeness (QED) is 0.337. The Morgan fingerprint density at radius 2 is 1.75 bits per heavy atom. The zero-order chi connectivity index (χ0) is 19.5. The van der Waals surface area contributed by atoms with Crippen molar-refractivity contribution in [2.45, 2.75) is 5.16 Å². The van der Waals surface area contributed by atoms with Gasteiger partial charge in [-0.3, -0.25) is 4.79 Å². The molecule has 5 nitrogen and oxygen atoms in total. The van der Waals surface area contributed by atoms with E-state index in [0.29, 0.717) is 16.5 Å². The van der Waals surface area contributed by atoms with Gasteiger partial charge in [-0.25, -0.2) is 9.37 Å². The third-order valence-electron chi connectivity index (χ3n) is 3.77. The fraction of sp³-hybridized carbons (Fsp3) is 0.0526. The largest absolute Gasteiger partial charge is 0.507 e. The molecular formula is C19H12FN3O2S3. The Labute approximate surface area is 171 Å². The molecule has 0 radical (unpaired) electrons. The Morgan fingerprint density at radius 3 is 2.43 bits per heavy atom. The first-order chi connectivity index (χ1) is 13.6. The molecule has 0 fully saturated rings. The molecule has 4 rings (SSSR count). The van der Waals surface area contributed by atoms with E-state index in [0.717, 1.165) is 39.7 Å². The Kier molecular flexibility index (Phi) is 5.47. The number of hydrogen-bond donors (Lipinski definition) is 1. The lowest BCUT2D eigenvalue weighted by molar-refractivity contribution is 0.101. The molecule has 0 unspecified atom stereocenters. The Balaban J connectivity index is 1.60. The van der Waals surface area contributed by atoms with Crippen LogP contribution in [-0.2, 0) is 0 Å². The molecule has 0 saturated carbocycles. The van der Waals surface area contributed by atoms with Crippen LogP contribution in [0.2, 0.25) is 0 Å². The number of ketones is 1. The number of carbonyl (C=O) groups is 1. The van der Waals surface area contributed by atoms with Crippen molar-refractivity contribution in [1.82, 2.24) is 15.2 Å². The minimum Gasteiger partial charge on any atom is -0.507 e. The fourth-order valence-corrected chi connectivity index (χ4v) is 4.57. The molecule has 3 aromatic heterocycles. The highest BCUT2D eigenvalue weighted by Crippen LogP contribution is 2.34. The van der Waals surface area contributed by atoms with E-state index in [4.69, 9.17) is 0 Å². The van der Waals surface area contributed by atoms with Gasteiger partial charge in [0, 0.05) is 0 Å². The van der Waals surface area contributed by atoms with E-state index in [1.807, 2.05) is 35.0 Å². The second-order valence-electron chi connectivity index (χ2n) is 5.62. The lowest BCUT2D eigenvalue weighted by atomic mass is 10.1. The molecule has 0 atom stereocenters. The van der Waals surface area contributed by atoms with E-state index in [1.165, 1.54) is 0 Å². The van der Waals surface area contributed by atoms with Crippen molar-refractivity contribution >= 4 is 40.2 Å². The van der Waals surface area contributed by atoms with Crippen LogP contribution in [0.4, 0.5) is 4.39 Å². The molecule has 9 heteroatoms. The molecule has 3 heterocycles. The Morgan fingerprint density at radius 1 is 1.04 bits per heavy atom. The van der Waals surface area contributed by atoms with Gasteiger partial charge in [-0.1, -0.05) is 23.9 Å². The highest BCUT2D eigenvalue weighted by atomic mass is 32.2. The first kappa shape index (κ1) is 18.7. The SMILES string of the molecule is O=C(CSc1nnc(-c2cccs2)c(-c2cccs2)n1)c1cc(F)ccc1O. The van der Waals surface area contributed by atoms with Gasteiger partial charge in [0.15, 0.2) is 5.78 Å². The van der Waals surface area contributed by atoms with Gasteiger partial charge in [0.05, 0.1) is 21.1 Å². The van der Waals surface area contributed by atoms with Crippen LogP contribution in [0.25, 0.3) is 21.1 Å². The number of phenolic OH excluding ortho intramolecular Hbond substituents is 1. The standard InChI is InChI=1S/C19H12FN3O2S3/c20-11-5-6-13(24)12(9-11)14(25)10-28-19-21-17(15-3-1-7-26-15)18(22-23-19)16-4-2-8-27-16/h1-9,24H,10H2. The second-order valence-corrected chi connectivity index (χ2v) is 8.46. The average molecular weight is 430 g/mol. The lowest BCUT2D eigenvalue weighted by Crippen LogP contribution is -2.05. The molecule has 0 saturated heterocycles. The van der Waals surface area contributed by atoms with Crippen molar-refractivity contribution in [1.29, 1.82) is 0 Å². The summed E-state index contributed by atoms with van der Waals surface area (Å²) in [5.74, 6) is -1.28. The van der Waals surface area contributed by atoms with Crippen molar-refractivity contribution in [2.24, 2.45) is 0 Å². The number of nitrogens with zero attached hydrogens (tertiary/aromatic N) is 3. The molecule has 0 spiro atoms. The lowest BCUT2D eigenvalue weighted by Gasteiger charge is -2.07. The number of hydrogen-bond acceptors (Lipinski definition) is 8. The summed E-state index contributed by atoms with van der Waals surface area (Å²) in [4.78, 5) is 18.8. The minimum atomic E-state index is -0.579. The first-order valence-corrected chi connectivity index (χ1v) is 10.8. The van der Waals surface area contributed by atoms with Crippen LogP contribution in [0.15, 0.2) is 58.4 Å². The van der Waals surface area contributed by atoms with Gasteiger partial charge in [0.1, 0.15) is 23.0 Å². The van der Waals surface area contributed by atoms with Gasteiger partial charge >= 0.3 is 0 Å². The summed E-state index contributed by atoms with van der Waals surface area (Å²) >= 11 is 4.19. The number of phenols is 1. The maximum Gasteiger partial charge on any atom is 0.210 e. The van der Waals surface area contributed by atoms with Crippen molar-refractivity contribution in [3.63, 3.8) is 0 Å². The average Bonchev–Trinajstić information content (AvgIpc) is 3.41.